The average Bonchev–Trinajstić information content (AvgIpc) is 2.53. The zero-order valence-corrected chi connectivity index (χ0v) is 12.5. The third-order valence-electron chi connectivity index (χ3n) is 2.62. The van der Waals surface area contributed by atoms with Crippen molar-refractivity contribution in [3.8, 4) is 0 Å². The van der Waals surface area contributed by atoms with Gasteiger partial charge in [0.1, 0.15) is 0 Å². The number of anilines is 1. The predicted molar refractivity (Wildman–Crippen MR) is 81.9 cm³/mol. The van der Waals surface area contributed by atoms with Gasteiger partial charge in [-0.15, -0.1) is 16.9 Å². The molecule has 1 aliphatic rings. The molecule has 0 saturated heterocycles. The standard InChI is InChI=1S/C13H18N4O2S/c1-18-11-9-12(19-2)16-17(15-11)13(20-3)14-10-7-5-4-6-8-10/h4-9,13-15H,1-3H3. The normalized spacial score (nSPS) is 15.7. The summed E-state index contributed by atoms with van der Waals surface area (Å²) < 4.78 is 10.4. The first-order chi connectivity index (χ1) is 9.76. The molecule has 0 amide bonds. The Morgan fingerprint density at radius 3 is 2.60 bits per heavy atom. The van der Waals surface area contributed by atoms with Gasteiger partial charge >= 0.3 is 0 Å². The van der Waals surface area contributed by atoms with Crippen molar-refractivity contribution < 1.29 is 9.47 Å². The number of thioether (sulfide) groups is 1. The number of hydrogen-bond donors (Lipinski definition) is 2. The van der Waals surface area contributed by atoms with Crippen molar-refractivity contribution in [1.82, 2.24) is 10.5 Å². The first-order valence-corrected chi connectivity index (χ1v) is 7.34. The van der Waals surface area contributed by atoms with E-state index in [-0.39, 0.29) is 5.50 Å². The summed E-state index contributed by atoms with van der Waals surface area (Å²) in [6.45, 7) is 0. The first-order valence-electron chi connectivity index (χ1n) is 6.05. The fourth-order valence-electron chi connectivity index (χ4n) is 1.63. The van der Waals surface area contributed by atoms with Crippen LogP contribution in [0.4, 0.5) is 5.69 Å². The largest absolute Gasteiger partial charge is 0.481 e. The van der Waals surface area contributed by atoms with Gasteiger partial charge in [0.15, 0.2) is 5.50 Å². The zero-order valence-electron chi connectivity index (χ0n) is 11.7. The van der Waals surface area contributed by atoms with Gasteiger partial charge in [0.25, 0.3) is 0 Å². The van der Waals surface area contributed by atoms with Crippen LogP contribution in [0.15, 0.2) is 47.4 Å². The zero-order chi connectivity index (χ0) is 14.4. The Bertz CT molecular complexity index is 492. The van der Waals surface area contributed by atoms with Crippen molar-refractivity contribution in [2.24, 2.45) is 5.10 Å². The molecule has 1 heterocycles. The van der Waals surface area contributed by atoms with Crippen molar-refractivity contribution in [1.29, 1.82) is 0 Å². The van der Waals surface area contributed by atoms with Crippen LogP contribution >= 0.6 is 11.8 Å². The van der Waals surface area contributed by atoms with Crippen LogP contribution in [0.25, 0.3) is 0 Å². The van der Waals surface area contributed by atoms with Crippen LogP contribution in [0.3, 0.4) is 0 Å². The molecule has 1 atom stereocenters. The summed E-state index contributed by atoms with van der Waals surface area (Å²) in [5.74, 6) is 1.06. The van der Waals surface area contributed by atoms with E-state index in [2.05, 4.69) is 15.8 Å². The highest BCUT2D eigenvalue weighted by molar-refractivity contribution is 7.99. The summed E-state index contributed by atoms with van der Waals surface area (Å²) in [4.78, 5) is 0. The molecule has 2 N–H and O–H groups in total. The fraction of sp³-hybridized carbons (Fsp3) is 0.308. The van der Waals surface area contributed by atoms with E-state index in [9.17, 15) is 0 Å². The predicted octanol–water partition coefficient (Wildman–Crippen LogP) is 2.01. The van der Waals surface area contributed by atoms with Crippen LogP contribution in [0.5, 0.6) is 0 Å². The maximum Gasteiger partial charge on any atom is 0.238 e. The van der Waals surface area contributed by atoms with Gasteiger partial charge in [-0.25, -0.2) is 5.43 Å². The number of hydrogen-bond acceptors (Lipinski definition) is 7. The molecular weight excluding hydrogens is 276 g/mol. The summed E-state index contributed by atoms with van der Waals surface area (Å²) in [5, 5.41) is 9.37. The summed E-state index contributed by atoms with van der Waals surface area (Å²) in [6, 6.07) is 9.94. The van der Waals surface area contributed by atoms with Crippen LogP contribution < -0.4 is 10.7 Å². The molecule has 0 bridgehead atoms. The lowest BCUT2D eigenvalue weighted by Gasteiger charge is -2.32. The number of nitrogens with one attached hydrogen (secondary N) is 2. The van der Waals surface area contributed by atoms with E-state index in [0.29, 0.717) is 11.8 Å². The Morgan fingerprint density at radius 1 is 1.25 bits per heavy atom. The third kappa shape index (κ3) is 3.51. The summed E-state index contributed by atoms with van der Waals surface area (Å²) in [7, 11) is 3.17. The Labute approximate surface area is 122 Å². The minimum absolute atomic E-state index is 0.110. The highest BCUT2D eigenvalue weighted by Crippen LogP contribution is 2.18. The molecule has 1 aromatic rings. The SMILES string of the molecule is COC1=CC(OC)=NN(C(Nc2ccccc2)SC)N1. The highest BCUT2D eigenvalue weighted by Gasteiger charge is 2.21. The second kappa shape index (κ2) is 6.95. The Hall–Kier alpha value is -2.02. The number of methoxy groups -OCH3 is 2. The maximum absolute atomic E-state index is 5.21. The molecule has 0 aliphatic carbocycles. The lowest BCUT2D eigenvalue weighted by molar-refractivity contribution is 0.130. The maximum atomic E-state index is 5.21. The smallest absolute Gasteiger partial charge is 0.238 e. The van der Waals surface area contributed by atoms with E-state index >= 15 is 0 Å². The molecule has 108 valence electrons. The van der Waals surface area contributed by atoms with Crippen LogP contribution in [-0.4, -0.2) is 37.0 Å². The number of hydrazine groups is 1. The molecule has 1 aromatic carbocycles. The van der Waals surface area contributed by atoms with Gasteiger partial charge in [0, 0.05) is 5.69 Å². The fourth-order valence-corrected chi connectivity index (χ4v) is 2.18. The van der Waals surface area contributed by atoms with E-state index < -0.39 is 0 Å². The molecule has 0 saturated carbocycles. The van der Waals surface area contributed by atoms with Gasteiger partial charge in [0.05, 0.1) is 20.3 Å². The highest BCUT2D eigenvalue weighted by atomic mass is 32.2. The van der Waals surface area contributed by atoms with Gasteiger partial charge < -0.3 is 14.8 Å². The number of benzene rings is 1. The minimum atomic E-state index is -0.110. The van der Waals surface area contributed by atoms with Gasteiger partial charge in [-0.3, -0.25) is 0 Å². The van der Waals surface area contributed by atoms with Crippen molar-refractivity contribution in [3.05, 3.63) is 42.3 Å². The van der Waals surface area contributed by atoms with Crippen LogP contribution in [0, 0.1) is 0 Å². The van der Waals surface area contributed by atoms with E-state index in [1.165, 1.54) is 0 Å². The minimum Gasteiger partial charge on any atom is -0.481 e. The molecule has 6 nitrogen and oxygen atoms in total. The van der Waals surface area contributed by atoms with E-state index in [1.54, 1.807) is 37.2 Å². The average molecular weight is 294 g/mol. The topological polar surface area (TPSA) is 58.1 Å². The lowest BCUT2D eigenvalue weighted by Crippen LogP contribution is -2.46. The van der Waals surface area contributed by atoms with Crippen LogP contribution in [-0.2, 0) is 9.47 Å². The Balaban J connectivity index is 2.11. The third-order valence-corrected chi connectivity index (χ3v) is 3.39. The molecule has 0 spiro atoms. The van der Waals surface area contributed by atoms with Crippen molar-refractivity contribution >= 4 is 23.3 Å². The molecule has 7 heteroatoms. The lowest BCUT2D eigenvalue weighted by atomic mass is 10.3. The second-order valence-electron chi connectivity index (χ2n) is 3.91. The van der Waals surface area contributed by atoms with Gasteiger partial charge in [-0.2, -0.15) is 5.12 Å². The summed E-state index contributed by atoms with van der Waals surface area (Å²) >= 11 is 1.60. The van der Waals surface area contributed by atoms with Crippen molar-refractivity contribution in [3.63, 3.8) is 0 Å². The van der Waals surface area contributed by atoms with Crippen molar-refractivity contribution in [2.75, 3.05) is 25.8 Å². The molecule has 1 aliphatic heterocycles. The van der Waals surface area contributed by atoms with Crippen molar-refractivity contribution in [2.45, 2.75) is 5.50 Å². The summed E-state index contributed by atoms with van der Waals surface area (Å²) in [6.07, 6.45) is 3.69. The van der Waals surface area contributed by atoms with Gasteiger partial charge in [-0.1, -0.05) is 18.2 Å². The molecule has 20 heavy (non-hydrogen) atoms. The number of ether oxygens (including phenoxy) is 2. The Morgan fingerprint density at radius 2 is 2.00 bits per heavy atom. The molecule has 1 unspecified atom stereocenters. The molecule has 0 aromatic heterocycles. The molecule has 0 fully saturated rings. The van der Waals surface area contributed by atoms with E-state index in [0.717, 1.165) is 5.69 Å². The van der Waals surface area contributed by atoms with Gasteiger partial charge in [-0.05, 0) is 18.4 Å². The van der Waals surface area contributed by atoms with E-state index in [1.807, 2.05) is 36.6 Å². The Kier molecular flexibility index (Phi) is 5.00. The second-order valence-corrected chi connectivity index (χ2v) is 4.83. The summed E-state index contributed by atoms with van der Waals surface area (Å²) in [5.41, 5.74) is 3.96. The quantitative estimate of drug-likeness (QED) is 0.810. The monoisotopic (exact) mass is 294 g/mol. The first kappa shape index (κ1) is 14.4. The van der Waals surface area contributed by atoms with Crippen LogP contribution in [0.2, 0.25) is 0 Å². The number of nitrogens with zero attached hydrogens (tertiary/aromatic N) is 2. The van der Waals surface area contributed by atoms with Gasteiger partial charge in [0.2, 0.25) is 11.8 Å². The molecule has 2 rings (SSSR count). The molecule has 0 radical (unpaired) electrons. The number of para-hydroxylation sites is 1. The van der Waals surface area contributed by atoms with E-state index in [4.69, 9.17) is 9.47 Å². The number of rotatable bonds is 5. The molecular formula is C13H18N4O2S. The van der Waals surface area contributed by atoms with Crippen LogP contribution in [0.1, 0.15) is 0 Å². The number of hydrazone groups is 1.